The zero-order chi connectivity index (χ0) is 15.7. The second-order valence-corrected chi connectivity index (χ2v) is 6.74. The number of piperazine rings is 1. The number of aromatic nitrogens is 4. The Labute approximate surface area is 138 Å². The summed E-state index contributed by atoms with van der Waals surface area (Å²) >= 11 is 3.50. The van der Waals surface area contributed by atoms with E-state index in [-0.39, 0.29) is 0 Å². The number of hydrogen-bond acceptors (Lipinski definition) is 6. The number of hydrogen-bond donors (Lipinski definition) is 1. The van der Waals surface area contributed by atoms with Crippen LogP contribution in [0.25, 0.3) is 11.0 Å². The van der Waals surface area contributed by atoms with E-state index in [1.165, 1.54) is 0 Å². The number of nitrogens with zero attached hydrogens (tertiary/aromatic N) is 6. The number of likely N-dealkylation sites (N-methyl/N-ethyl adjacent to an activating group) is 1. The Morgan fingerprint density at radius 1 is 1.23 bits per heavy atom. The molecule has 0 bridgehead atoms. The van der Waals surface area contributed by atoms with Gasteiger partial charge >= 0.3 is 0 Å². The first-order chi connectivity index (χ1) is 10.5. The van der Waals surface area contributed by atoms with Crippen LogP contribution in [0, 0.1) is 0 Å². The van der Waals surface area contributed by atoms with Crippen LogP contribution >= 0.6 is 15.9 Å². The van der Waals surface area contributed by atoms with Crippen LogP contribution in [0.3, 0.4) is 0 Å². The van der Waals surface area contributed by atoms with Crippen molar-refractivity contribution in [3.63, 3.8) is 0 Å². The summed E-state index contributed by atoms with van der Waals surface area (Å²) in [5, 5.41) is 8.80. The first-order valence-electron chi connectivity index (χ1n) is 7.55. The quantitative estimate of drug-likeness (QED) is 0.875. The lowest BCUT2D eigenvalue weighted by Gasteiger charge is -2.34. The molecule has 3 rings (SSSR count). The number of nitrogens with one attached hydrogen (secondary N) is 1. The molecule has 1 aliphatic rings. The van der Waals surface area contributed by atoms with Crippen molar-refractivity contribution in [2.75, 3.05) is 45.1 Å². The number of rotatable bonds is 4. The molecule has 7 nitrogen and oxygen atoms in total. The molecule has 8 heteroatoms. The first kappa shape index (κ1) is 15.6. The van der Waals surface area contributed by atoms with Crippen LogP contribution in [0.15, 0.2) is 10.9 Å². The molecule has 0 spiro atoms. The predicted molar refractivity (Wildman–Crippen MR) is 91.0 cm³/mol. The summed E-state index contributed by atoms with van der Waals surface area (Å²) < 4.78 is 2.54. The molecule has 0 amide bonds. The third-order valence-electron chi connectivity index (χ3n) is 4.09. The van der Waals surface area contributed by atoms with Crippen LogP contribution in [-0.2, 0) is 7.05 Å². The molecule has 1 unspecified atom stereocenters. The number of anilines is 1. The van der Waals surface area contributed by atoms with Crippen molar-refractivity contribution in [1.29, 1.82) is 0 Å². The van der Waals surface area contributed by atoms with Gasteiger partial charge in [-0.05, 0) is 29.9 Å². The molecule has 22 heavy (non-hydrogen) atoms. The van der Waals surface area contributed by atoms with Crippen molar-refractivity contribution in [1.82, 2.24) is 29.5 Å². The summed E-state index contributed by atoms with van der Waals surface area (Å²) in [6.07, 6.45) is 1.58. The van der Waals surface area contributed by atoms with E-state index < -0.39 is 0 Å². The molecule has 2 aromatic heterocycles. The van der Waals surface area contributed by atoms with Gasteiger partial charge in [-0.25, -0.2) is 14.6 Å². The summed E-state index contributed by atoms with van der Waals surface area (Å²) in [6.45, 7) is 7.72. The van der Waals surface area contributed by atoms with Crippen molar-refractivity contribution in [3.8, 4) is 0 Å². The average molecular weight is 368 g/mol. The number of aryl methyl sites for hydroxylation is 1. The molecule has 1 saturated heterocycles. The van der Waals surface area contributed by atoms with E-state index in [4.69, 9.17) is 0 Å². The molecule has 1 fully saturated rings. The zero-order valence-corrected chi connectivity index (χ0v) is 14.8. The van der Waals surface area contributed by atoms with Gasteiger partial charge < -0.3 is 10.2 Å². The van der Waals surface area contributed by atoms with Gasteiger partial charge in [-0.3, -0.25) is 4.90 Å². The third kappa shape index (κ3) is 3.23. The van der Waals surface area contributed by atoms with Crippen molar-refractivity contribution < 1.29 is 0 Å². The van der Waals surface area contributed by atoms with Crippen LogP contribution in [0.4, 0.5) is 5.82 Å². The Kier molecular flexibility index (Phi) is 4.60. The molecule has 0 radical (unpaired) electrons. The fourth-order valence-corrected chi connectivity index (χ4v) is 3.45. The van der Waals surface area contributed by atoms with Gasteiger partial charge in [-0.15, -0.1) is 0 Å². The van der Waals surface area contributed by atoms with E-state index in [0.717, 1.165) is 54.2 Å². The maximum absolute atomic E-state index is 4.39. The van der Waals surface area contributed by atoms with Gasteiger partial charge in [0.15, 0.2) is 5.65 Å². The molecular weight excluding hydrogens is 346 g/mol. The number of fused-ring (bicyclic) bond motifs is 1. The van der Waals surface area contributed by atoms with E-state index in [9.17, 15) is 0 Å². The van der Waals surface area contributed by atoms with Crippen molar-refractivity contribution in [3.05, 3.63) is 10.9 Å². The maximum atomic E-state index is 4.39. The Bertz CT molecular complexity index is 648. The van der Waals surface area contributed by atoms with Gasteiger partial charge in [0.2, 0.25) is 0 Å². The predicted octanol–water partition coefficient (Wildman–Crippen LogP) is 1.17. The van der Waals surface area contributed by atoms with Crippen molar-refractivity contribution >= 4 is 32.8 Å². The highest BCUT2D eigenvalue weighted by Crippen LogP contribution is 2.27. The second-order valence-electron chi connectivity index (χ2n) is 5.98. The highest BCUT2D eigenvalue weighted by atomic mass is 79.9. The summed E-state index contributed by atoms with van der Waals surface area (Å²) in [7, 11) is 4.06. The normalized spacial score (nSPS) is 18.7. The average Bonchev–Trinajstić information content (AvgIpc) is 2.77. The Morgan fingerprint density at radius 3 is 2.68 bits per heavy atom. The van der Waals surface area contributed by atoms with E-state index in [1.54, 1.807) is 11.0 Å². The lowest BCUT2D eigenvalue weighted by atomic mass is 10.2. The van der Waals surface area contributed by atoms with Crippen molar-refractivity contribution in [2.45, 2.75) is 13.0 Å². The largest absolute Gasteiger partial charge is 0.366 e. The molecule has 0 aromatic carbocycles. The van der Waals surface area contributed by atoms with E-state index in [0.29, 0.717) is 6.04 Å². The summed E-state index contributed by atoms with van der Waals surface area (Å²) in [5.74, 6) is 0.839. The van der Waals surface area contributed by atoms with E-state index >= 15 is 0 Å². The van der Waals surface area contributed by atoms with Gasteiger partial charge in [0, 0.05) is 45.8 Å². The molecule has 0 aliphatic carbocycles. The minimum atomic E-state index is 0.314. The van der Waals surface area contributed by atoms with Crippen LogP contribution in [-0.4, -0.2) is 75.4 Å². The molecule has 1 N–H and O–H groups in total. The standard InChI is InChI=1S/C14H22BrN7/c1-10(8-22-6-4-20(2)5-7-22)18-13-11-12(15)19-21(3)14(11)17-9-16-13/h9-10H,4-8H2,1-3H3,(H,16,17,18). The van der Waals surface area contributed by atoms with Crippen LogP contribution in [0.2, 0.25) is 0 Å². The number of halogens is 1. The van der Waals surface area contributed by atoms with Crippen LogP contribution in [0.5, 0.6) is 0 Å². The highest BCUT2D eigenvalue weighted by Gasteiger charge is 2.18. The molecule has 2 aromatic rings. The minimum absolute atomic E-state index is 0.314. The summed E-state index contributed by atoms with van der Waals surface area (Å²) in [4.78, 5) is 13.6. The Morgan fingerprint density at radius 2 is 1.95 bits per heavy atom. The van der Waals surface area contributed by atoms with Gasteiger partial charge in [0.1, 0.15) is 16.7 Å². The fraction of sp³-hybridized carbons (Fsp3) is 0.643. The SMILES string of the molecule is CC(CN1CCN(C)CC1)Nc1ncnc2c1c(Br)nn2C. The molecular formula is C14H22BrN7. The minimum Gasteiger partial charge on any atom is -0.366 e. The Balaban J connectivity index is 1.70. The van der Waals surface area contributed by atoms with Gasteiger partial charge in [-0.1, -0.05) is 0 Å². The maximum Gasteiger partial charge on any atom is 0.164 e. The lowest BCUT2D eigenvalue weighted by molar-refractivity contribution is 0.151. The van der Waals surface area contributed by atoms with E-state index in [1.807, 2.05) is 7.05 Å². The highest BCUT2D eigenvalue weighted by molar-refractivity contribution is 9.10. The van der Waals surface area contributed by atoms with E-state index in [2.05, 4.69) is 60.1 Å². The third-order valence-corrected chi connectivity index (χ3v) is 4.64. The zero-order valence-electron chi connectivity index (χ0n) is 13.3. The molecule has 120 valence electrons. The topological polar surface area (TPSA) is 62.1 Å². The lowest BCUT2D eigenvalue weighted by Crippen LogP contribution is -2.47. The fourth-order valence-electron chi connectivity index (χ4n) is 2.85. The van der Waals surface area contributed by atoms with Crippen LogP contribution < -0.4 is 5.32 Å². The smallest absolute Gasteiger partial charge is 0.164 e. The summed E-state index contributed by atoms with van der Waals surface area (Å²) in [6, 6.07) is 0.314. The monoisotopic (exact) mass is 367 g/mol. The van der Waals surface area contributed by atoms with Gasteiger partial charge in [-0.2, -0.15) is 5.10 Å². The molecule has 0 saturated carbocycles. The Hall–Kier alpha value is -1.25. The molecule has 1 atom stereocenters. The van der Waals surface area contributed by atoms with Gasteiger partial charge in [0.05, 0.1) is 5.39 Å². The first-order valence-corrected chi connectivity index (χ1v) is 8.34. The van der Waals surface area contributed by atoms with Gasteiger partial charge in [0.25, 0.3) is 0 Å². The molecule has 1 aliphatic heterocycles. The molecule has 3 heterocycles. The van der Waals surface area contributed by atoms with Crippen LogP contribution in [0.1, 0.15) is 6.92 Å². The summed E-state index contributed by atoms with van der Waals surface area (Å²) in [5.41, 5.74) is 0.830. The second kappa shape index (κ2) is 6.47. The van der Waals surface area contributed by atoms with Crippen molar-refractivity contribution in [2.24, 2.45) is 7.05 Å².